The van der Waals surface area contributed by atoms with Crippen molar-refractivity contribution in [2.24, 2.45) is 5.41 Å². The van der Waals surface area contributed by atoms with Crippen molar-refractivity contribution < 1.29 is 18.9 Å². The van der Waals surface area contributed by atoms with Crippen molar-refractivity contribution in [3.63, 3.8) is 0 Å². The molecule has 0 rings (SSSR count). The fraction of sp³-hybridized carbons (Fsp3) is 0.818. The van der Waals surface area contributed by atoms with Gasteiger partial charge in [0.2, 0.25) is 11.8 Å². The van der Waals surface area contributed by atoms with Gasteiger partial charge in [0.05, 0.1) is 6.61 Å². The second-order valence-electron chi connectivity index (χ2n) is 4.66. The van der Waals surface area contributed by atoms with Gasteiger partial charge in [0.25, 0.3) is 0 Å². The highest BCUT2D eigenvalue weighted by molar-refractivity contribution is 7.75. The van der Waals surface area contributed by atoms with Crippen molar-refractivity contribution in [2.45, 2.75) is 33.3 Å². The fourth-order valence-corrected chi connectivity index (χ4v) is 1.61. The second kappa shape index (κ2) is 8.34. The van der Waals surface area contributed by atoms with E-state index in [1.165, 1.54) is 0 Å². The number of hydrogen-bond donors (Lipinski definition) is 4. The summed E-state index contributed by atoms with van der Waals surface area (Å²) in [6, 6.07) is 0. The maximum Gasteiger partial charge on any atom is 0.249 e. The Morgan fingerprint density at radius 3 is 2.50 bits per heavy atom. The van der Waals surface area contributed by atoms with E-state index in [1.54, 1.807) is 13.8 Å². The Morgan fingerprint density at radius 1 is 1.39 bits per heavy atom. The highest BCUT2D eigenvalue weighted by atomic mass is 32.1. The van der Waals surface area contributed by atoms with Crippen molar-refractivity contribution in [2.75, 3.05) is 19.7 Å². The fourth-order valence-electron chi connectivity index (χ4n) is 1.28. The lowest BCUT2D eigenvalue weighted by Crippen LogP contribution is -2.46. The van der Waals surface area contributed by atoms with Crippen molar-refractivity contribution in [1.29, 1.82) is 0 Å². The van der Waals surface area contributed by atoms with Gasteiger partial charge in [-0.15, -0.1) is 0 Å². The van der Waals surface area contributed by atoms with Crippen LogP contribution in [0.1, 0.15) is 27.2 Å². The van der Waals surface area contributed by atoms with Crippen LogP contribution >= 0.6 is 12.9 Å². The number of hydrogen-bond acceptors (Lipinski definition) is 5. The molecule has 0 aliphatic rings. The molecule has 0 spiro atoms. The minimum Gasteiger partial charge on any atom is -0.383 e. The molecule has 0 aromatic carbocycles. The number of rotatable bonds is 8. The van der Waals surface area contributed by atoms with Gasteiger partial charge >= 0.3 is 0 Å². The lowest BCUT2D eigenvalue weighted by molar-refractivity contribution is -0.136. The molecule has 106 valence electrons. The molecule has 0 aliphatic carbocycles. The number of carbonyl (C=O) groups is 2. The van der Waals surface area contributed by atoms with Crippen LogP contribution in [0.5, 0.6) is 0 Å². The Kier molecular flexibility index (Phi) is 7.97. The smallest absolute Gasteiger partial charge is 0.249 e. The standard InChI is InChI=1S/C11H22N2O4S/c1-4-12-8(14)5-6-13-10(16)9(15)11(2,3)7-17-18/h9,15,18H,4-7H2,1-3H3,(H,12,14)(H,13,16). The molecule has 1 unspecified atom stereocenters. The van der Waals surface area contributed by atoms with E-state index in [0.29, 0.717) is 6.54 Å². The van der Waals surface area contributed by atoms with Gasteiger partial charge in [0.1, 0.15) is 6.10 Å². The van der Waals surface area contributed by atoms with Crippen LogP contribution in [-0.4, -0.2) is 42.7 Å². The summed E-state index contributed by atoms with van der Waals surface area (Å²) in [5.74, 6) is -0.653. The largest absolute Gasteiger partial charge is 0.383 e. The van der Waals surface area contributed by atoms with E-state index in [-0.39, 0.29) is 25.5 Å². The molecule has 0 bridgehead atoms. The molecular weight excluding hydrogens is 256 g/mol. The lowest BCUT2D eigenvalue weighted by atomic mass is 9.87. The van der Waals surface area contributed by atoms with E-state index < -0.39 is 17.4 Å². The minimum atomic E-state index is -1.21. The van der Waals surface area contributed by atoms with Crippen molar-refractivity contribution in [3.05, 3.63) is 0 Å². The third kappa shape index (κ3) is 6.23. The topological polar surface area (TPSA) is 87.7 Å². The molecule has 1 atom stereocenters. The van der Waals surface area contributed by atoms with Gasteiger partial charge in [-0.2, -0.15) is 0 Å². The third-order valence-corrected chi connectivity index (χ3v) is 2.58. The number of nitrogens with one attached hydrogen (secondary N) is 2. The maximum atomic E-state index is 11.6. The number of amides is 2. The Hall–Kier alpha value is -0.790. The molecule has 0 heterocycles. The van der Waals surface area contributed by atoms with Gasteiger partial charge in [-0.3, -0.25) is 9.59 Å². The molecule has 0 fully saturated rings. The molecule has 0 aliphatic heterocycles. The molecule has 0 saturated carbocycles. The maximum absolute atomic E-state index is 11.6. The molecule has 2 amide bonds. The van der Waals surface area contributed by atoms with E-state index in [2.05, 4.69) is 27.7 Å². The quantitative estimate of drug-likeness (QED) is 0.368. The summed E-state index contributed by atoms with van der Waals surface area (Å²) in [6.45, 7) is 6.09. The molecule has 18 heavy (non-hydrogen) atoms. The van der Waals surface area contributed by atoms with Gasteiger partial charge in [0, 0.05) is 24.9 Å². The zero-order chi connectivity index (χ0) is 14.2. The van der Waals surface area contributed by atoms with Gasteiger partial charge in [-0.1, -0.05) is 13.8 Å². The molecular formula is C11H22N2O4S. The normalized spacial score (nSPS) is 12.9. The van der Waals surface area contributed by atoms with E-state index in [0.717, 1.165) is 0 Å². The monoisotopic (exact) mass is 278 g/mol. The Balaban J connectivity index is 4.05. The molecule has 3 N–H and O–H groups in total. The highest BCUT2D eigenvalue weighted by Gasteiger charge is 2.33. The molecule has 0 aromatic rings. The number of carbonyl (C=O) groups excluding carboxylic acids is 2. The van der Waals surface area contributed by atoms with E-state index in [1.807, 2.05) is 6.92 Å². The second-order valence-corrected chi connectivity index (χ2v) is 4.92. The third-order valence-electron chi connectivity index (χ3n) is 2.45. The van der Waals surface area contributed by atoms with Crippen molar-refractivity contribution in [1.82, 2.24) is 10.6 Å². The minimum absolute atomic E-state index is 0.134. The summed E-state index contributed by atoms with van der Waals surface area (Å²) in [7, 11) is 0. The summed E-state index contributed by atoms with van der Waals surface area (Å²) in [6.07, 6.45) is -1.02. The number of aliphatic hydroxyl groups excluding tert-OH is 1. The van der Waals surface area contributed by atoms with Gasteiger partial charge in [-0.05, 0) is 19.8 Å². The zero-order valence-corrected chi connectivity index (χ0v) is 11.9. The Morgan fingerprint density at radius 2 is 2.00 bits per heavy atom. The van der Waals surface area contributed by atoms with Crippen LogP contribution in [0.4, 0.5) is 0 Å². The van der Waals surface area contributed by atoms with Crippen LogP contribution in [-0.2, 0) is 13.8 Å². The molecule has 0 saturated heterocycles. The van der Waals surface area contributed by atoms with E-state index in [9.17, 15) is 14.7 Å². The van der Waals surface area contributed by atoms with Gasteiger partial charge in [-0.25, -0.2) is 0 Å². The molecule has 6 nitrogen and oxygen atoms in total. The van der Waals surface area contributed by atoms with Crippen LogP contribution in [0.3, 0.4) is 0 Å². The van der Waals surface area contributed by atoms with Crippen LogP contribution in [0.15, 0.2) is 0 Å². The Labute approximate surface area is 113 Å². The van der Waals surface area contributed by atoms with Crippen LogP contribution in [0.2, 0.25) is 0 Å². The first-order valence-corrected chi connectivity index (χ1v) is 6.20. The van der Waals surface area contributed by atoms with Crippen LogP contribution < -0.4 is 10.6 Å². The zero-order valence-electron chi connectivity index (χ0n) is 11.0. The highest BCUT2D eigenvalue weighted by Crippen LogP contribution is 2.21. The predicted octanol–water partition coefficient (Wildman–Crippen LogP) is -0.123. The SMILES string of the molecule is CCNC(=O)CCNC(=O)C(O)C(C)(C)COS. The lowest BCUT2D eigenvalue weighted by Gasteiger charge is -2.28. The number of aliphatic hydroxyl groups is 1. The molecule has 7 heteroatoms. The first-order chi connectivity index (χ1) is 8.35. The van der Waals surface area contributed by atoms with Crippen LogP contribution in [0, 0.1) is 5.41 Å². The first kappa shape index (κ1) is 17.2. The van der Waals surface area contributed by atoms with Gasteiger partial charge < -0.3 is 19.9 Å². The summed E-state index contributed by atoms with van der Waals surface area (Å²) in [4.78, 5) is 22.8. The van der Waals surface area contributed by atoms with Gasteiger partial charge in [0.15, 0.2) is 0 Å². The Bertz CT molecular complexity index is 284. The molecule has 0 aromatic heterocycles. The van der Waals surface area contributed by atoms with E-state index >= 15 is 0 Å². The van der Waals surface area contributed by atoms with Crippen molar-refractivity contribution in [3.8, 4) is 0 Å². The summed E-state index contributed by atoms with van der Waals surface area (Å²) < 4.78 is 4.64. The van der Waals surface area contributed by atoms with E-state index in [4.69, 9.17) is 0 Å². The predicted molar refractivity (Wildman–Crippen MR) is 71.0 cm³/mol. The van der Waals surface area contributed by atoms with Crippen LogP contribution in [0.25, 0.3) is 0 Å². The van der Waals surface area contributed by atoms with Crippen molar-refractivity contribution >= 4 is 24.7 Å². The molecule has 0 radical (unpaired) electrons. The average Bonchev–Trinajstić information content (AvgIpc) is 2.28. The summed E-state index contributed by atoms with van der Waals surface area (Å²) >= 11 is 3.60. The number of thiol groups is 1. The summed E-state index contributed by atoms with van der Waals surface area (Å²) in [5.41, 5.74) is -0.739. The average molecular weight is 278 g/mol. The summed E-state index contributed by atoms with van der Waals surface area (Å²) in [5, 5.41) is 14.9. The first-order valence-electron chi connectivity index (χ1n) is 5.84.